The third-order valence-corrected chi connectivity index (χ3v) is 5.25. The third kappa shape index (κ3) is 6.18. The molecule has 0 bridgehead atoms. The van der Waals surface area contributed by atoms with E-state index in [4.69, 9.17) is 4.74 Å². The van der Waals surface area contributed by atoms with Crippen molar-refractivity contribution in [2.24, 2.45) is 0 Å². The summed E-state index contributed by atoms with van der Waals surface area (Å²) >= 11 is 2.19. The molecule has 0 atom stereocenters. The lowest BCUT2D eigenvalue weighted by atomic mass is 10.3. The maximum absolute atomic E-state index is 12.3. The maximum Gasteiger partial charge on any atom is 0.573 e. The predicted octanol–water partition coefficient (Wildman–Crippen LogP) is 3.53. The topological polar surface area (TPSA) is 108 Å². The molecule has 0 aliphatic carbocycles. The number of ether oxygens (including phenoxy) is 2. The SMILES string of the molecule is CCOC(=O)c1ccsc1NC(=O)CSc1nnnn1-c1ccc(OC(F)(F)F)cc1. The first-order valence-electron chi connectivity index (χ1n) is 8.58. The summed E-state index contributed by atoms with van der Waals surface area (Å²) in [6, 6.07) is 6.49. The molecule has 1 N–H and O–H groups in total. The first-order valence-corrected chi connectivity index (χ1v) is 10.4. The lowest BCUT2D eigenvalue weighted by molar-refractivity contribution is -0.274. The van der Waals surface area contributed by atoms with Crippen LogP contribution in [0.25, 0.3) is 5.69 Å². The summed E-state index contributed by atoms with van der Waals surface area (Å²) in [7, 11) is 0. The van der Waals surface area contributed by atoms with Gasteiger partial charge in [0, 0.05) is 0 Å². The Morgan fingerprint density at radius 3 is 2.65 bits per heavy atom. The molecular weight excluding hydrogens is 459 g/mol. The van der Waals surface area contributed by atoms with Gasteiger partial charge in [0.25, 0.3) is 0 Å². The second-order valence-electron chi connectivity index (χ2n) is 5.64. The van der Waals surface area contributed by atoms with E-state index in [9.17, 15) is 22.8 Å². The van der Waals surface area contributed by atoms with Crippen LogP contribution in [0.4, 0.5) is 18.2 Å². The number of anilines is 1. The van der Waals surface area contributed by atoms with Gasteiger partial charge in [0.15, 0.2) is 0 Å². The Morgan fingerprint density at radius 2 is 1.97 bits per heavy atom. The molecule has 3 rings (SSSR count). The summed E-state index contributed by atoms with van der Waals surface area (Å²) in [4.78, 5) is 24.2. The maximum atomic E-state index is 12.3. The smallest absolute Gasteiger partial charge is 0.462 e. The molecule has 0 aliphatic rings. The highest BCUT2D eigenvalue weighted by Crippen LogP contribution is 2.26. The van der Waals surface area contributed by atoms with Crippen LogP contribution in [0.15, 0.2) is 40.9 Å². The normalized spacial score (nSPS) is 11.2. The Hall–Kier alpha value is -3.13. The summed E-state index contributed by atoms with van der Waals surface area (Å²) in [6.45, 7) is 1.89. The quantitative estimate of drug-likeness (QED) is 0.391. The number of alkyl halides is 3. The number of carbonyl (C=O) groups excluding carboxylic acids is 2. The van der Waals surface area contributed by atoms with Crippen molar-refractivity contribution >= 4 is 40.0 Å². The van der Waals surface area contributed by atoms with Crippen LogP contribution in [-0.4, -0.2) is 50.8 Å². The minimum atomic E-state index is -4.79. The molecule has 14 heteroatoms. The summed E-state index contributed by atoms with van der Waals surface area (Å²) < 4.78 is 46.8. The molecule has 164 valence electrons. The van der Waals surface area contributed by atoms with E-state index in [-0.39, 0.29) is 28.8 Å². The van der Waals surface area contributed by atoms with Gasteiger partial charge >= 0.3 is 12.3 Å². The average Bonchev–Trinajstić information content (AvgIpc) is 3.35. The molecule has 31 heavy (non-hydrogen) atoms. The number of halogens is 3. The van der Waals surface area contributed by atoms with E-state index in [0.717, 1.165) is 23.9 Å². The molecule has 2 heterocycles. The minimum absolute atomic E-state index is 0.0736. The fraction of sp³-hybridized carbons (Fsp3) is 0.235. The van der Waals surface area contributed by atoms with Crippen molar-refractivity contribution in [3.63, 3.8) is 0 Å². The van der Waals surface area contributed by atoms with Gasteiger partial charge in [-0.25, -0.2) is 4.79 Å². The van der Waals surface area contributed by atoms with Crippen LogP contribution >= 0.6 is 23.1 Å². The van der Waals surface area contributed by atoms with Crippen molar-refractivity contribution in [3.05, 3.63) is 41.3 Å². The Kier molecular flexibility index (Phi) is 7.12. The Morgan fingerprint density at radius 1 is 1.23 bits per heavy atom. The van der Waals surface area contributed by atoms with Gasteiger partial charge in [-0.05, 0) is 53.1 Å². The van der Waals surface area contributed by atoms with Gasteiger partial charge in [-0.1, -0.05) is 11.8 Å². The van der Waals surface area contributed by atoms with Gasteiger partial charge in [0.05, 0.1) is 23.6 Å². The van der Waals surface area contributed by atoms with E-state index in [1.54, 1.807) is 18.4 Å². The number of tetrazole rings is 1. The van der Waals surface area contributed by atoms with E-state index in [1.807, 2.05) is 0 Å². The van der Waals surface area contributed by atoms with Gasteiger partial charge < -0.3 is 14.8 Å². The van der Waals surface area contributed by atoms with Crippen molar-refractivity contribution in [1.82, 2.24) is 20.2 Å². The monoisotopic (exact) mass is 473 g/mol. The fourth-order valence-corrected chi connectivity index (χ4v) is 3.77. The second kappa shape index (κ2) is 9.78. The van der Waals surface area contributed by atoms with Crippen LogP contribution < -0.4 is 10.1 Å². The number of thioether (sulfide) groups is 1. The van der Waals surface area contributed by atoms with Crippen LogP contribution in [0.3, 0.4) is 0 Å². The number of benzene rings is 1. The van der Waals surface area contributed by atoms with Crippen molar-refractivity contribution < 1.29 is 32.2 Å². The van der Waals surface area contributed by atoms with E-state index in [2.05, 4.69) is 25.6 Å². The summed E-state index contributed by atoms with van der Waals surface area (Å²) in [6.07, 6.45) is -4.79. The molecule has 0 fully saturated rings. The molecule has 0 spiro atoms. The van der Waals surface area contributed by atoms with E-state index in [0.29, 0.717) is 10.7 Å². The second-order valence-corrected chi connectivity index (χ2v) is 7.49. The summed E-state index contributed by atoms with van der Waals surface area (Å²) in [5, 5.41) is 16.0. The number of thiophene rings is 1. The molecule has 0 radical (unpaired) electrons. The minimum Gasteiger partial charge on any atom is -0.462 e. The summed E-state index contributed by atoms with van der Waals surface area (Å²) in [5.41, 5.74) is 0.640. The molecule has 0 aliphatic heterocycles. The molecule has 3 aromatic rings. The van der Waals surface area contributed by atoms with E-state index >= 15 is 0 Å². The highest BCUT2D eigenvalue weighted by Gasteiger charge is 2.31. The van der Waals surface area contributed by atoms with Gasteiger partial charge in [-0.3, -0.25) is 4.79 Å². The highest BCUT2D eigenvalue weighted by atomic mass is 32.2. The van der Waals surface area contributed by atoms with Crippen molar-refractivity contribution in [1.29, 1.82) is 0 Å². The molecule has 1 aromatic carbocycles. The Bertz CT molecular complexity index is 1050. The number of hydrogen-bond acceptors (Lipinski definition) is 9. The standard InChI is InChI=1S/C17H14F3N5O4S2/c1-2-28-15(27)12-7-8-30-14(12)21-13(26)9-31-16-22-23-24-25(16)10-3-5-11(6-4-10)29-17(18,19)20/h3-8H,2,9H2,1H3,(H,21,26). The van der Waals surface area contributed by atoms with Gasteiger partial charge in [-0.2, -0.15) is 4.68 Å². The average molecular weight is 473 g/mol. The molecule has 0 saturated carbocycles. The van der Waals surface area contributed by atoms with Crippen molar-refractivity contribution in [2.75, 3.05) is 17.7 Å². The number of esters is 1. The van der Waals surface area contributed by atoms with Crippen LogP contribution in [0.1, 0.15) is 17.3 Å². The number of carbonyl (C=O) groups is 2. The van der Waals surface area contributed by atoms with Gasteiger partial charge in [0.1, 0.15) is 10.8 Å². The van der Waals surface area contributed by atoms with E-state index < -0.39 is 18.2 Å². The first-order chi connectivity index (χ1) is 14.8. The molecular formula is C17H14F3N5O4S2. The predicted molar refractivity (Wildman–Crippen MR) is 105 cm³/mol. The lowest BCUT2D eigenvalue weighted by Gasteiger charge is -2.09. The third-order valence-electron chi connectivity index (χ3n) is 3.50. The van der Waals surface area contributed by atoms with Crippen LogP contribution in [0.2, 0.25) is 0 Å². The lowest BCUT2D eigenvalue weighted by Crippen LogP contribution is -2.17. The van der Waals surface area contributed by atoms with Crippen molar-refractivity contribution in [3.8, 4) is 11.4 Å². The number of nitrogens with zero attached hydrogens (tertiary/aromatic N) is 4. The zero-order chi connectivity index (χ0) is 22.4. The highest BCUT2D eigenvalue weighted by molar-refractivity contribution is 7.99. The first kappa shape index (κ1) is 22.6. The van der Waals surface area contributed by atoms with Crippen LogP contribution in [0.5, 0.6) is 5.75 Å². The number of nitrogens with one attached hydrogen (secondary N) is 1. The zero-order valence-electron chi connectivity index (χ0n) is 15.8. The van der Waals surface area contributed by atoms with Crippen molar-refractivity contribution in [2.45, 2.75) is 18.4 Å². The number of rotatable bonds is 8. The molecule has 9 nitrogen and oxygen atoms in total. The molecule has 2 aromatic heterocycles. The zero-order valence-corrected chi connectivity index (χ0v) is 17.4. The molecule has 1 amide bonds. The number of amides is 1. The Labute approximate surface area is 181 Å². The van der Waals surface area contributed by atoms with Crippen LogP contribution in [0, 0.1) is 0 Å². The van der Waals surface area contributed by atoms with E-state index in [1.165, 1.54) is 28.2 Å². The largest absolute Gasteiger partial charge is 0.573 e. The fourth-order valence-electron chi connectivity index (χ4n) is 2.29. The van der Waals surface area contributed by atoms with Crippen LogP contribution in [-0.2, 0) is 9.53 Å². The summed E-state index contributed by atoms with van der Waals surface area (Å²) in [5.74, 6) is -1.39. The van der Waals surface area contributed by atoms with Gasteiger partial charge in [0.2, 0.25) is 11.1 Å². The molecule has 0 saturated heterocycles. The number of hydrogen-bond donors (Lipinski definition) is 1. The molecule has 0 unspecified atom stereocenters. The Balaban J connectivity index is 1.62. The number of aromatic nitrogens is 4. The van der Waals surface area contributed by atoms with Gasteiger partial charge in [-0.15, -0.1) is 29.6 Å².